The van der Waals surface area contributed by atoms with Crippen LogP contribution in [0, 0.1) is 5.82 Å². The van der Waals surface area contributed by atoms with E-state index in [1.54, 1.807) is 24.3 Å². The van der Waals surface area contributed by atoms with E-state index >= 15 is 0 Å². The average Bonchev–Trinajstić information content (AvgIpc) is 2.59. The van der Waals surface area contributed by atoms with Gasteiger partial charge in [0.15, 0.2) is 0 Å². The number of halogens is 1. The molecule has 1 heterocycles. The summed E-state index contributed by atoms with van der Waals surface area (Å²) in [4.78, 5) is 15.5. The van der Waals surface area contributed by atoms with E-state index in [1.807, 2.05) is 12.1 Å². The number of hydrogen-bond acceptors (Lipinski definition) is 4. The maximum atomic E-state index is 13.5. The van der Waals surface area contributed by atoms with E-state index in [2.05, 4.69) is 9.80 Å². The van der Waals surface area contributed by atoms with Crippen LogP contribution in [0.25, 0.3) is 0 Å². The third-order valence-corrected chi connectivity index (χ3v) is 4.54. The molecule has 0 bridgehead atoms. The highest BCUT2D eigenvalue weighted by molar-refractivity contribution is 5.73. The molecule has 3 rings (SSSR count). The molecule has 2 aromatic rings. The van der Waals surface area contributed by atoms with Crippen LogP contribution < -0.4 is 15.5 Å². The molecule has 132 valence electrons. The van der Waals surface area contributed by atoms with Crippen molar-refractivity contribution in [1.29, 1.82) is 0 Å². The predicted octanol–water partition coefficient (Wildman–Crippen LogP) is 2.49. The highest BCUT2D eigenvalue weighted by atomic mass is 19.1. The summed E-state index contributed by atoms with van der Waals surface area (Å²) in [7, 11) is 0. The predicted molar refractivity (Wildman–Crippen MR) is 96.3 cm³/mol. The van der Waals surface area contributed by atoms with E-state index in [0.29, 0.717) is 19.5 Å². The van der Waals surface area contributed by atoms with Crippen LogP contribution in [0.5, 0.6) is 5.75 Å². The number of phenolic OH excluding ortho intramolecular Hbond substituents is 1. The Bertz CT molecular complexity index is 753. The van der Waals surface area contributed by atoms with Crippen molar-refractivity contribution >= 4 is 17.3 Å². The summed E-state index contributed by atoms with van der Waals surface area (Å²) in [6.07, 6.45) is 0.897. The molecular formula is C19H22FN3O2. The second kappa shape index (κ2) is 7.42. The molecule has 6 heteroatoms. The number of primary amides is 1. The van der Waals surface area contributed by atoms with Crippen LogP contribution in [0.4, 0.5) is 15.8 Å². The summed E-state index contributed by atoms with van der Waals surface area (Å²) in [5.41, 5.74) is 7.07. The van der Waals surface area contributed by atoms with Crippen molar-refractivity contribution in [2.24, 2.45) is 5.73 Å². The summed E-state index contributed by atoms with van der Waals surface area (Å²) in [6.45, 7) is 2.10. The van der Waals surface area contributed by atoms with Crippen molar-refractivity contribution in [3.05, 3.63) is 54.3 Å². The fourth-order valence-corrected chi connectivity index (χ4v) is 3.33. The Morgan fingerprint density at radius 2 is 1.92 bits per heavy atom. The summed E-state index contributed by atoms with van der Waals surface area (Å²) < 4.78 is 13.5. The molecule has 0 radical (unpaired) electrons. The van der Waals surface area contributed by atoms with Crippen LogP contribution in [0.15, 0.2) is 48.5 Å². The molecule has 1 aliphatic rings. The normalized spacial score (nSPS) is 17.6. The Kier molecular flexibility index (Phi) is 5.07. The SMILES string of the molecule is NC(=O)CCC1CN(c2cccc(F)c2)CCN1c1cccc(O)c1. The molecule has 1 amide bonds. The molecule has 3 N–H and O–H groups in total. The van der Waals surface area contributed by atoms with Gasteiger partial charge in [0.2, 0.25) is 5.91 Å². The van der Waals surface area contributed by atoms with Gasteiger partial charge >= 0.3 is 0 Å². The largest absolute Gasteiger partial charge is 0.508 e. The van der Waals surface area contributed by atoms with E-state index in [-0.39, 0.29) is 29.9 Å². The summed E-state index contributed by atoms with van der Waals surface area (Å²) in [5, 5.41) is 9.76. The number of rotatable bonds is 5. The minimum Gasteiger partial charge on any atom is -0.508 e. The molecule has 0 aliphatic carbocycles. The van der Waals surface area contributed by atoms with Crippen LogP contribution in [0.2, 0.25) is 0 Å². The number of amides is 1. The smallest absolute Gasteiger partial charge is 0.217 e. The van der Waals surface area contributed by atoms with Gasteiger partial charge in [0.05, 0.1) is 0 Å². The third kappa shape index (κ3) is 4.21. The number of nitrogens with two attached hydrogens (primary N) is 1. The van der Waals surface area contributed by atoms with E-state index in [1.165, 1.54) is 12.1 Å². The van der Waals surface area contributed by atoms with Crippen LogP contribution in [0.1, 0.15) is 12.8 Å². The maximum absolute atomic E-state index is 13.5. The second-order valence-electron chi connectivity index (χ2n) is 6.30. The Labute approximate surface area is 146 Å². The fourth-order valence-electron chi connectivity index (χ4n) is 3.33. The first-order valence-corrected chi connectivity index (χ1v) is 8.37. The molecule has 1 unspecified atom stereocenters. The van der Waals surface area contributed by atoms with E-state index in [4.69, 9.17) is 5.73 Å². The highest BCUT2D eigenvalue weighted by Crippen LogP contribution is 2.28. The van der Waals surface area contributed by atoms with Crippen LogP contribution >= 0.6 is 0 Å². The molecule has 1 saturated heterocycles. The summed E-state index contributed by atoms with van der Waals surface area (Å²) in [6, 6.07) is 13.7. The van der Waals surface area contributed by atoms with Gasteiger partial charge in [-0.2, -0.15) is 0 Å². The lowest BCUT2D eigenvalue weighted by Gasteiger charge is -2.44. The number of nitrogens with zero attached hydrogens (tertiary/aromatic N) is 2. The minimum atomic E-state index is -0.335. The van der Waals surface area contributed by atoms with Gasteiger partial charge < -0.3 is 20.6 Å². The Morgan fingerprint density at radius 1 is 1.16 bits per heavy atom. The first kappa shape index (κ1) is 17.1. The van der Waals surface area contributed by atoms with Crippen molar-refractivity contribution in [1.82, 2.24) is 0 Å². The lowest BCUT2D eigenvalue weighted by molar-refractivity contribution is -0.118. The van der Waals surface area contributed by atoms with E-state index in [0.717, 1.165) is 17.9 Å². The molecule has 0 saturated carbocycles. The Balaban J connectivity index is 1.81. The number of hydrogen-bond donors (Lipinski definition) is 2. The van der Waals surface area contributed by atoms with Gasteiger partial charge in [0.25, 0.3) is 0 Å². The Morgan fingerprint density at radius 3 is 2.64 bits per heavy atom. The lowest BCUT2D eigenvalue weighted by atomic mass is 10.0. The van der Waals surface area contributed by atoms with Gasteiger partial charge in [-0.25, -0.2) is 4.39 Å². The fraction of sp³-hybridized carbons (Fsp3) is 0.316. The maximum Gasteiger partial charge on any atom is 0.217 e. The number of phenols is 1. The van der Waals surface area contributed by atoms with Gasteiger partial charge in [0.1, 0.15) is 11.6 Å². The molecule has 25 heavy (non-hydrogen) atoms. The number of benzene rings is 2. The molecule has 2 aromatic carbocycles. The van der Waals surface area contributed by atoms with Crippen molar-refractivity contribution in [2.75, 3.05) is 29.4 Å². The number of anilines is 2. The number of carbonyl (C=O) groups excluding carboxylic acids is 1. The first-order valence-electron chi connectivity index (χ1n) is 8.37. The van der Waals surface area contributed by atoms with Crippen molar-refractivity contribution in [3.63, 3.8) is 0 Å². The van der Waals surface area contributed by atoms with Crippen LogP contribution in [-0.4, -0.2) is 36.7 Å². The van der Waals surface area contributed by atoms with Crippen LogP contribution in [0.3, 0.4) is 0 Å². The Hall–Kier alpha value is -2.76. The van der Waals surface area contributed by atoms with Crippen LogP contribution in [-0.2, 0) is 4.79 Å². The van der Waals surface area contributed by atoms with Gasteiger partial charge in [0, 0.05) is 49.5 Å². The van der Waals surface area contributed by atoms with E-state index in [9.17, 15) is 14.3 Å². The minimum absolute atomic E-state index is 0.0475. The van der Waals surface area contributed by atoms with Gasteiger partial charge in [-0.05, 0) is 36.8 Å². The molecule has 0 spiro atoms. The molecular weight excluding hydrogens is 321 g/mol. The molecule has 0 aromatic heterocycles. The number of piperazine rings is 1. The topological polar surface area (TPSA) is 69.8 Å². The number of carbonyl (C=O) groups is 1. The summed E-state index contributed by atoms with van der Waals surface area (Å²) in [5.74, 6) is -0.390. The second-order valence-corrected chi connectivity index (χ2v) is 6.30. The summed E-state index contributed by atoms with van der Waals surface area (Å²) >= 11 is 0. The molecule has 5 nitrogen and oxygen atoms in total. The van der Waals surface area contributed by atoms with Gasteiger partial charge in [-0.3, -0.25) is 4.79 Å². The van der Waals surface area contributed by atoms with Crippen molar-refractivity contribution in [3.8, 4) is 5.75 Å². The zero-order valence-corrected chi connectivity index (χ0v) is 13.9. The average molecular weight is 343 g/mol. The zero-order chi connectivity index (χ0) is 17.8. The highest BCUT2D eigenvalue weighted by Gasteiger charge is 2.28. The van der Waals surface area contributed by atoms with Crippen molar-refractivity contribution < 1.29 is 14.3 Å². The quantitative estimate of drug-likeness (QED) is 0.875. The molecule has 1 fully saturated rings. The third-order valence-electron chi connectivity index (χ3n) is 4.54. The molecule has 1 aliphatic heterocycles. The van der Waals surface area contributed by atoms with Crippen molar-refractivity contribution in [2.45, 2.75) is 18.9 Å². The standard InChI is InChI=1S/C19H22FN3O2/c20-14-3-1-4-15(11-14)22-9-10-23(16-5-2-6-18(24)12-16)17(13-22)7-8-19(21)25/h1-6,11-12,17,24H,7-10,13H2,(H2,21,25). The monoisotopic (exact) mass is 343 g/mol. The van der Waals surface area contributed by atoms with E-state index < -0.39 is 0 Å². The molecule has 1 atom stereocenters. The van der Waals surface area contributed by atoms with Gasteiger partial charge in [-0.1, -0.05) is 12.1 Å². The first-order chi connectivity index (χ1) is 12.0. The van der Waals surface area contributed by atoms with Gasteiger partial charge in [-0.15, -0.1) is 0 Å². The zero-order valence-electron chi connectivity index (χ0n) is 13.9. The lowest BCUT2D eigenvalue weighted by Crippen LogP contribution is -2.53. The number of aromatic hydroxyl groups is 1.